The SMILES string of the molecule is S=C1C=CSN=CC1. The quantitative estimate of drug-likeness (QED) is 0.380. The largest absolute Gasteiger partial charge is 0.224 e. The topological polar surface area (TPSA) is 12.4 Å². The van der Waals surface area contributed by atoms with Crippen LogP contribution in [0.3, 0.4) is 0 Å². The maximum Gasteiger partial charge on any atom is 0.0211 e. The molecule has 0 atom stereocenters. The van der Waals surface area contributed by atoms with Gasteiger partial charge in [-0.3, -0.25) is 0 Å². The summed E-state index contributed by atoms with van der Waals surface area (Å²) in [6.45, 7) is 0. The molecule has 0 saturated heterocycles. The highest BCUT2D eigenvalue weighted by Gasteiger charge is 1.89. The molecule has 0 aromatic heterocycles. The molecule has 0 aliphatic carbocycles. The zero-order valence-electron chi connectivity index (χ0n) is 4.20. The van der Waals surface area contributed by atoms with Crippen molar-refractivity contribution in [3.05, 3.63) is 11.5 Å². The third kappa shape index (κ3) is 1.76. The van der Waals surface area contributed by atoms with E-state index in [2.05, 4.69) is 4.40 Å². The molecule has 0 N–H and O–H groups in total. The van der Waals surface area contributed by atoms with Gasteiger partial charge in [0.15, 0.2) is 0 Å². The summed E-state index contributed by atoms with van der Waals surface area (Å²) in [6.07, 6.45) is 4.55. The lowest BCUT2D eigenvalue weighted by atomic mass is 10.3. The van der Waals surface area contributed by atoms with E-state index in [1.165, 1.54) is 11.9 Å². The molecule has 0 spiro atoms. The van der Waals surface area contributed by atoms with E-state index in [1.807, 2.05) is 17.7 Å². The molecule has 0 amide bonds. The highest BCUT2D eigenvalue weighted by atomic mass is 32.2. The summed E-state index contributed by atoms with van der Waals surface area (Å²) in [5, 5.41) is 1.89. The molecule has 0 radical (unpaired) electrons. The van der Waals surface area contributed by atoms with Gasteiger partial charge in [-0.25, -0.2) is 4.40 Å². The Morgan fingerprint density at radius 2 is 2.62 bits per heavy atom. The molecule has 0 saturated carbocycles. The molecule has 0 bridgehead atoms. The average molecular weight is 143 g/mol. The van der Waals surface area contributed by atoms with Crippen molar-refractivity contribution in [2.24, 2.45) is 4.40 Å². The van der Waals surface area contributed by atoms with Crippen LogP contribution in [-0.4, -0.2) is 11.1 Å². The van der Waals surface area contributed by atoms with Crippen LogP contribution in [0.5, 0.6) is 0 Å². The second-order valence-corrected chi connectivity index (χ2v) is 2.58. The highest BCUT2D eigenvalue weighted by Crippen LogP contribution is 2.07. The Balaban J connectivity index is 2.61. The van der Waals surface area contributed by atoms with Crippen molar-refractivity contribution in [3.8, 4) is 0 Å². The zero-order valence-corrected chi connectivity index (χ0v) is 5.84. The van der Waals surface area contributed by atoms with Gasteiger partial charge < -0.3 is 0 Å². The predicted molar refractivity (Wildman–Crippen MR) is 42.4 cm³/mol. The van der Waals surface area contributed by atoms with E-state index in [0.717, 1.165) is 11.3 Å². The van der Waals surface area contributed by atoms with Crippen molar-refractivity contribution in [3.63, 3.8) is 0 Å². The fourth-order valence-electron chi connectivity index (χ4n) is 0.380. The van der Waals surface area contributed by atoms with Crippen molar-refractivity contribution in [1.82, 2.24) is 0 Å². The van der Waals surface area contributed by atoms with E-state index >= 15 is 0 Å². The van der Waals surface area contributed by atoms with Crippen molar-refractivity contribution in [2.45, 2.75) is 6.42 Å². The summed E-state index contributed by atoms with van der Waals surface area (Å²) in [6, 6.07) is 0. The van der Waals surface area contributed by atoms with Crippen molar-refractivity contribution in [2.75, 3.05) is 0 Å². The van der Waals surface area contributed by atoms with Gasteiger partial charge in [0.25, 0.3) is 0 Å². The number of rotatable bonds is 0. The van der Waals surface area contributed by atoms with Gasteiger partial charge in [0.2, 0.25) is 0 Å². The predicted octanol–water partition coefficient (Wildman–Crippen LogP) is 1.99. The van der Waals surface area contributed by atoms with Gasteiger partial charge in [-0.2, -0.15) is 0 Å². The van der Waals surface area contributed by atoms with Crippen LogP contribution in [0.4, 0.5) is 0 Å². The number of thiocarbonyl (C=S) groups is 1. The summed E-state index contributed by atoms with van der Waals surface area (Å²) < 4.78 is 3.94. The fraction of sp³-hybridized carbons (Fsp3) is 0.200. The maximum absolute atomic E-state index is 4.90. The Hall–Kier alpha value is -0.150. The third-order valence-corrected chi connectivity index (χ3v) is 1.57. The van der Waals surface area contributed by atoms with E-state index < -0.39 is 0 Å². The van der Waals surface area contributed by atoms with Gasteiger partial charge in [0, 0.05) is 29.4 Å². The highest BCUT2D eigenvalue weighted by molar-refractivity contribution is 8.01. The standard InChI is InChI=1S/C5H5NS2/c7-5-1-3-6-8-4-2-5/h2-4H,1H2. The van der Waals surface area contributed by atoms with Gasteiger partial charge in [-0.15, -0.1) is 0 Å². The second kappa shape index (κ2) is 2.99. The van der Waals surface area contributed by atoms with Crippen LogP contribution in [-0.2, 0) is 0 Å². The number of nitrogens with zero attached hydrogens (tertiary/aromatic N) is 1. The first-order valence-electron chi connectivity index (χ1n) is 2.26. The number of allylic oxidation sites excluding steroid dienone is 1. The lowest BCUT2D eigenvalue weighted by molar-refractivity contribution is 1.71. The first-order valence-corrected chi connectivity index (χ1v) is 3.51. The summed E-state index contributed by atoms with van der Waals surface area (Å²) in [7, 11) is 0. The summed E-state index contributed by atoms with van der Waals surface area (Å²) in [5.74, 6) is 0. The molecule has 3 heteroatoms. The summed E-state index contributed by atoms with van der Waals surface area (Å²) in [5.41, 5.74) is 0. The van der Waals surface area contributed by atoms with E-state index in [1.54, 1.807) is 0 Å². The molecular weight excluding hydrogens is 138 g/mol. The number of hydrogen-bond donors (Lipinski definition) is 0. The number of hydrogen-bond acceptors (Lipinski definition) is 3. The van der Waals surface area contributed by atoms with Gasteiger partial charge in [0.05, 0.1) is 0 Å². The Labute approximate surface area is 58.0 Å². The van der Waals surface area contributed by atoms with Crippen LogP contribution >= 0.6 is 24.2 Å². The molecule has 1 aliphatic rings. The molecule has 1 aliphatic heterocycles. The smallest absolute Gasteiger partial charge is 0.0211 e. The van der Waals surface area contributed by atoms with Gasteiger partial charge in [-0.1, -0.05) is 12.2 Å². The Bertz CT molecular complexity index is 149. The Kier molecular flexibility index (Phi) is 2.24. The molecule has 1 heterocycles. The molecule has 42 valence electrons. The fourth-order valence-corrected chi connectivity index (χ4v) is 1.06. The van der Waals surface area contributed by atoms with Crippen LogP contribution in [0, 0.1) is 0 Å². The first-order chi connectivity index (χ1) is 3.89. The molecule has 0 fully saturated rings. The monoisotopic (exact) mass is 143 g/mol. The average Bonchev–Trinajstić information content (AvgIpc) is 1.94. The molecular formula is C5H5NS2. The lowest BCUT2D eigenvalue weighted by Crippen LogP contribution is -1.85. The summed E-state index contributed by atoms with van der Waals surface area (Å²) in [4.78, 5) is 0.957. The van der Waals surface area contributed by atoms with Crippen molar-refractivity contribution < 1.29 is 0 Å². The summed E-state index contributed by atoms with van der Waals surface area (Å²) >= 11 is 6.32. The van der Waals surface area contributed by atoms with E-state index in [4.69, 9.17) is 12.2 Å². The molecule has 0 unspecified atom stereocenters. The molecule has 8 heavy (non-hydrogen) atoms. The van der Waals surface area contributed by atoms with Gasteiger partial charge in [-0.05, 0) is 11.5 Å². The van der Waals surface area contributed by atoms with Crippen LogP contribution in [0.1, 0.15) is 6.42 Å². The molecule has 0 aromatic carbocycles. The molecule has 0 aromatic rings. The third-order valence-electron chi connectivity index (χ3n) is 0.743. The second-order valence-electron chi connectivity index (χ2n) is 1.37. The maximum atomic E-state index is 4.90. The normalized spacial score (nSPS) is 18.8. The van der Waals surface area contributed by atoms with Gasteiger partial charge >= 0.3 is 0 Å². The molecule has 1 rings (SSSR count). The Morgan fingerprint density at radius 1 is 1.75 bits per heavy atom. The van der Waals surface area contributed by atoms with Crippen LogP contribution in [0.25, 0.3) is 0 Å². The van der Waals surface area contributed by atoms with E-state index in [9.17, 15) is 0 Å². The van der Waals surface area contributed by atoms with Crippen LogP contribution in [0.2, 0.25) is 0 Å². The van der Waals surface area contributed by atoms with E-state index in [0.29, 0.717) is 0 Å². The van der Waals surface area contributed by atoms with Crippen molar-refractivity contribution in [1.29, 1.82) is 0 Å². The van der Waals surface area contributed by atoms with E-state index in [-0.39, 0.29) is 0 Å². The van der Waals surface area contributed by atoms with Crippen LogP contribution < -0.4 is 0 Å². The van der Waals surface area contributed by atoms with Crippen molar-refractivity contribution >= 4 is 35.2 Å². The van der Waals surface area contributed by atoms with Gasteiger partial charge in [0.1, 0.15) is 0 Å². The molecule has 1 nitrogen and oxygen atoms in total. The minimum Gasteiger partial charge on any atom is -0.224 e. The van der Waals surface area contributed by atoms with Crippen LogP contribution in [0.15, 0.2) is 15.9 Å². The Morgan fingerprint density at radius 3 is 3.50 bits per heavy atom. The lowest BCUT2D eigenvalue weighted by Gasteiger charge is -1.80. The minimum atomic E-state index is 0.818. The first kappa shape index (κ1) is 5.98. The zero-order chi connectivity index (χ0) is 5.82. The minimum absolute atomic E-state index is 0.818.